The SMILES string of the molecule is CCN(CC)CCN1C(=O)C(=O)/C(=C(/O)c2ccc(OC)cc2)[C@@H]1c1ccc(OC(C)C)cc1. The molecule has 0 radical (unpaired) electrons. The molecule has 1 aliphatic heterocycles. The number of ether oxygens (including phenoxy) is 2. The molecule has 0 aliphatic carbocycles. The van der Waals surface area contributed by atoms with Gasteiger partial charge in [-0.1, -0.05) is 26.0 Å². The third kappa shape index (κ3) is 5.42. The number of methoxy groups -OCH3 is 1. The Bertz CT molecular complexity index is 1020. The number of hydrogen-bond donors (Lipinski definition) is 1. The van der Waals surface area contributed by atoms with E-state index in [1.807, 2.05) is 38.1 Å². The minimum absolute atomic E-state index is 0.0284. The molecule has 182 valence electrons. The predicted molar refractivity (Wildman–Crippen MR) is 132 cm³/mol. The van der Waals surface area contributed by atoms with Gasteiger partial charge in [0, 0.05) is 18.7 Å². The van der Waals surface area contributed by atoms with E-state index in [-0.39, 0.29) is 17.4 Å². The molecular weight excluding hydrogens is 432 g/mol. The van der Waals surface area contributed by atoms with Crippen molar-refractivity contribution in [1.29, 1.82) is 0 Å². The van der Waals surface area contributed by atoms with Crippen molar-refractivity contribution < 1.29 is 24.2 Å². The number of Topliss-reactive ketones (excluding diaryl/α,β-unsaturated/α-hetero) is 1. The van der Waals surface area contributed by atoms with Crippen molar-refractivity contribution in [2.75, 3.05) is 33.3 Å². The number of benzene rings is 2. The Labute approximate surface area is 201 Å². The number of hydrogen-bond acceptors (Lipinski definition) is 6. The zero-order valence-corrected chi connectivity index (χ0v) is 20.6. The Kier molecular flexibility index (Phi) is 8.34. The first-order valence-corrected chi connectivity index (χ1v) is 11.7. The number of nitrogens with zero attached hydrogens (tertiary/aromatic N) is 2. The molecule has 1 amide bonds. The third-order valence-corrected chi connectivity index (χ3v) is 6.02. The van der Waals surface area contributed by atoms with Crippen molar-refractivity contribution in [2.24, 2.45) is 0 Å². The first kappa shape index (κ1) is 25.3. The molecular formula is C27H34N2O5. The van der Waals surface area contributed by atoms with Crippen LogP contribution >= 0.6 is 0 Å². The number of amides is 1. The molecule has 7 heteroatoms. The lowest BCUT2D eigenvalue weighted by atomic mass is 9.95. The molecule has 3 rings (SSSR count). The normalized spacial score (nSPS) is 17.6. The van der Waals surface area contributed by atoms with Gasteiger partial charge >= 0.3 is 0 Å². The number of aliphatic hydroxyl groups excluding tert-OH is 1. The van der Waals surface area contributed by atoms with Crippen LogP contribution in [0.1, 0.15) is 44.9 Å². The molecule has 0 bridgehead atoms. The zero-order chi connectivity index (χ0) is 24.8. The van der Waals surface area contributed by atoms with Crippen LogP contribution in [0.25, 0.3) is 5.76 Å². The van der Waals surface area contributed by atoms with Crippen LogP contribution in [0, 0.1) is 0 Å². The van der Waals surface area contributed by atoms with Crippen LogP contribution in [-0.2, 0) is 9.59 Å². The highest BCUT2D eigenvalue weighted by Gasteiger charge is 2.46. The van der Waals surface area contributed by atoms with Crippen LogP contribution in [0.4, 0.5) is 0 Å². The van der Waals surface area contributed by atoms with E-state index in [1.165, 1.54) is 0 Å². The topological polar surface area (TPSA) is 79.3 Å². The highest BCUT2D eigenvalue weighted by molar-refractivity contribution is 6.46. The van der Waals surface area contributed by atoms with Crippen molar-refractivity contribution >= 4 is 17.4 Å². The second-order valence-electron chi connectivity index (χ2n) is 8.48. The Morgan fingerprint density at radius 3 is 2.12 bits per heavy atom. The van der Waals surface area contributed by atoms with Crippen molar-refractivity contribution in [2.45, 2.75) is 39.8 Å². The first-order chi connectivity index (χ1) is 16.3. The molecule has 1 atom stereocenters. The maximum Gasteiger partial charge on any atom is 0.295 e. The molecule has 1 N–H and O–H groups in total. The van der Waals surface area contributed by atoms with Crippen molar-refractivity contribution in [3.05, 3.63) is 65.2 Å². The molecule has 2 aromatic rings. The Morgan fingerprint density at radius 2 is 1.59 bits per heavy atom. The average molecular weight is 467 g/mol. The first-order valence-electron chi connectivity index (χ1n) is 11.7. The van der Waals surface area contributed by atoms with Crippen LogP contribution in [0.2, 0.25) is 0 Å². The number of rotatable bonds is 10. The van der Waals surface area contributed by atoms with Gasteiger partial charge in [0.2, 0.25) is 0 Å². The van der Waals surface area contributed by atoms with Gasteiger partial charge in [0.15, 0.2) is 0 Å². The van der Waals surface area contributed by atoms with Crippen molar-refractivity contribution in [3.8, 4) is 11.5 Å². The summed E-state index contributed by atoms with van der Waals surface area (Å²) in [4.78, 5) is 30.0. The van der Waals surface area contributed by atoms with Gasteiger partial charge in [-0.25, -0.2) is 0 Å². The number of likely N-dealkylation sites (N-methyl/N-ethyl adjacent to an activating group) is 1. The van der Waals surface area contributed by atoms with Crippen molar-refractivity contribution in [3.63, 3.8) is 0 Å². The molecule has 1 fully saturated rings. The lowest BCUT2D eigenvalue weighted by Gasteiger charge is -2.28. The van der Waals surface area contributed by atoms with E-state index in [0.717, 1.165) is 18.7 Å². The summed E-state index contributed by atoms with van der Waals surface area (Å²) in [7, 11) is 1.56. The smallest absolute Gasteiger partial charge is 0.295 e. The summed E-state index contributed by atoms with van der Waals surface area (Å²) in [6, 6.07) is 13.4. The molecule has 0 spiro atoms. The summed E-state index contributed by atoms with van der Waals surface area (Å²) >= 11 is 0. The van der Waals surface area contributed by atoms with E-state index in [0.29, 0.717) is 30.2 Å². The Hall–Kier alpha value is -3.32. The molecule has 1 heterocycles. The number of carbonyl (C=O) groups is 2. The molecule has 7 nitrogen and oxygen atoms in total. The highest BCUT2D eigenvalue weighted by Crippen LogP contribution is 2.40. The van der Waals surface area contributed by atoms with Crippen LogP contribution in [0.15, 0.2) is 54.1 Å². The Balaban J connectivity index is 2.06. The minimum atomic E-state index is -0.689. The van der Waals surface area contributed by atoms with Crippen molar-refractivity contribution in [1.82, 2.24) is 9.80 Å². The number of likely N-dealkylation sites (tertiary alicyclic amines) is 1. The van der Waals surface area contributed by atoms with E-state index < -0.39 is 17.7 Å². The maximum atomic E-state index is 13.2. The third-order valence-electron chi connectivity index (χ3n) is 6.02. The van der Waals surface area contributed by atoms with Gasteiger partial charge < -0.3 is 24.4 Å². The van der Waals surface area contributed by atoms with Gasteiger partial charge in [-0.05, 0) is 68.9 Å². The summed E-state index contributed by atoms with van der Waals surface area (Å²) in [6.45, 7) is 10.7. The number of carbonyl (C=O) groups excluding carboxylic acids is 2. The van der Waals surface area contributed by atoms with Gasteiger partial charge in [-0.3, -0.25) is 9.59 Å². The lowest BCUT2D eigenvalue weighted by Crippen LogP contribution is -2.38. The molecule has 1 aliphatic rings. The van der Waals surface area contributed by atoms with Crippen LogP contribution in [-0.4, -0.2) is 66.0 Å². The average Bonchev–Trinajstić information content (AvgIpc) is 3.09. The second kappa shape index (κ2) is 11.2. The molecule has 0 unspecified atom stereocenters. The lowest BCUT2D eigenvalue weighted by molar-refractivity contribution is -0.140. The van der Waals surface area contributed by atoms with Gasteiger partial charge in [0.25, 0.3) is 11.7 Å². The monoisotopic (exact) mass is 466 g/mol. The number of ketones is 1. The maximum absolute atomic E-state index is 13.2. The summed E-state index contributed by atoms with van der Waals surface area (Å²) in [5.41, 5.74) is 1.28. The standard InChI is InChI=1S/C27H34N2O5/c1-6-28(7-2)16-17-29-24(19-8-14-22(15-9-19)34-18(3)4)23(26(31)27(29)32)25(30)20-10-12-21(33-5)13-11-20/h8-15,18,24,30H,6-7,16-17H2,1-5H3/b25-23+/t24-/m0/s1. The fraction of sp³-hybridized carbons (Fsp3) is 0.407. The van der Waals surface area contributed by atoms with E-state index in [4.69, 9.17) is 9.47 Å². The predicted octanol–water partition coefficient (Wildman–Crippen LogP) is 4.25. The fourth-order valence-electron chi connectivity index (χ4n) is 4.15. The summed E-state index contributed by atoms with van der Waals surface area (Å²) in [5.74, 6) is -0.142. The van der Waals surface area contributed by atoms with Crippen LogP contribution in [0.5, 0.6) is 11.5 Å². The van der Waals surface area contributed by atoms with E-state index in [9.17, 15) is 14.7 Å². The van der Waals surface area contributed by atoms with Crippen LogP contribution < -0.4 is 9.47 Å². The minimum Gasteiger partial charge on any atom is -0.507 e. The molecule has 2 aromatic carbocycles. The fourth-order valence-corrected chi connectivity index (χ4v) is 4.15. The van der Waals surface area contributed by atoms with Gasteiger partial charge in [-0.2, -0.15) is 0 Å². The molecule has 34 heavy (non-hydrogen) atoms. The highest BCUT2D eigenvalue weighted by atomic mass is 16.5. The molecule has 1 saturated heterocycles. The summed E-state index contributed by atoms with van der Waals surface area (Å²) in [5, 5.41) is 11.2. The van der Waals surface area contributed by atoms with E-state index >= 15 is 0 Å². The Morgan fingerprint density at radius 1 is 1.00 bits per heavy atom. The van der Waals surface area contributed by atoms with Gasteiger partial charge in [0.1, 0.15) is 17.3 Å². The molecule has 0 saturated carbocycles. The van der Waals surface area contributed by atoms with Crippen LogP contribution in [0.3, 0.4) is 0 Å². The van der Waals surface area contributed by atoms with E-state index in [2.05, 4.69) is 18.7 Å². The summed E-state index contributed by atoms with van der Waals surface area (Å²) in [6.07, 6.45) is 0.0284. The number of aliphatic hydroxyl groups is 1. The van der Waals surface area contributed by atoms with Gasteiger partial charge in [-0.15, -0.1) is 0 Å². The van der Waals surface area contributed by atoms with Gasteiger partial charge in [0.05, 0.1) is 24.8 Å². The summed E-state index contributed by atoms with van der Waals surface area (Å²) < 4.78 is 10.9. The largest absolute Gasteiger partial charge is 0.507 e. The molecule has 0 aromatic heterocycles. The van der Waals surface area contributed by atoms with E-state index in [1.54, 1.807) is 36.3 Å². The quantitative estimate of drug-likeness (QED) is 0.320. The second-order valence-corrected chi connectivity index (χ2v) is 8.48. The zero-order valence-electron chi connectivity index (χ0n) is 20.6.